The Kier molecular flexibility index (Phi) is 4.14. The summed E-state index contributed by atoms with van der Waals surface area (Å²) in [5.74, 6) is 0.824. The minimum atomic E-state index is 0.535. The molecule has 2 aliphatic rings. The van der Waals surface area contributed by atoms with E-state index < -0.39 is 0 Å². The van der Waals surface area contributed by atoms with E-state index >= 15 is 0 Å². The van der Waals surface area contributed by atoms with Crippen LogP contribution in [-0.4, -0.2) is 24.8 Å². The zero-order valence-electron chi connectivity index (χ0n) is 12.0. The molecular weight excluding hydrogens is 210 g/mol. The number of nitrogens with one attached hydrogen (secondary N) is 1. The fourth-order valence-electron chi connectivity index (χ4n) is 3.57. The Labute approximate surface area is 107 Å². The van der Waals surface area contributed by atoms with Crippen molar-refractivity contribution in [2.24, 2.45) is 11.3 Å². The summed E-state index contributed by atoms with van der Waals surface area (Å²) in [5.41, 5.74) is 0.561. The van der Waals surface area contributed by atoms with Gasteiger partial charge in [-0.1, -0.05) is 20.8 Å². The first-order chi connectivity index (χ1) is 8.00. The van der Waals surface area contributed by atoms with E-state index in [9.17, 15) is 0 Å². The summed E-state index contributed by atoms with van der Waals surface area (Å²) < 4.78 is 5.62. The minimum absolute atomic E-state index is 0.535. The molecule has 100 valence electrons. The van der Waals surface area contributed by atoms with Gasteiger partial charge < -0.3 is 10.1 Å². The number of hydrogen-bond acceptors (Lipinski definition) is 2. The quantitative estimate of drug-likeness (QED) is 0.812. The predicted octanol–water partition coefficient (Wildman–Crippen LogP) is 3.36. The number of hydrogen-bond donors (Lipinski definition) is 1. The van der Waals surface area contributed by atoms with Gasteiger partial charge in [0.15, 0.2) is 0 Å². The van der Waals surface area contributed by atoms with Crippen LogP contribution in [-0.2, 0) is 4.74 Å². The summed E-state index contributed by atoms with van der Waals surface area (Å²) in [6.07, 6.45) is 7.07. The third-order valence-corrected chi connectivity index (χ3v) is 4.64. The molecule has 2 fully saturated rings. The largest absolute Gasteiger partial charge is 0.378 e. The normalized spacial score (nSPS) is 40.9. The zero-order chi connectivity index (χ0) is 12.5. The van der Waals surface area contributed by atoms with Gasteiger partial charge in [-0.05, 0) is 50.4 Å². The van der Waals surface area contributed by atoms with Crippen LogP contribution in [0.3, 0.4) is 0 Å². The first-order valence-electron chi connectivity index (χ1n) is 7.38. The van der Waals surface area contributed by atoms with E-state index in [2.05, 4.69) is 33.0 Å². The van der Waals surface area contributed by atoms with Crippen LogP contribution < -0.4 is 5.32 Å². The van der Waals surface area contributed by atoms with Crippen molar-refractivity contribution in [1.82, 2.24) is 5.32 Å². The molecule has 2 heteroatoms. The molecule has 0 radical (unpaired) electrons. The third kappa shape index (κ3) is 3.45. The number of rotatable bonds is 4. The van der Waals surface area contributed by atoms with Gasteiger partial charge >= 0.3 is 0 Å². The molecule has 0 aromatic heterocycles. The molecule has 2 unspecified atom stereocenters. The lowest BCUT2D eigenvalue weighted by Gasteiger charge is -2.44. The molecule has 0 aromatic carbocycles. The molecule has 1 N–H and O–H groups in total. The Bertz CT molecular complexity index is 245. The standard InChI is InChI=1S/C15H29NO/c1-5-17-13-8-12(9-13)16-14-6-7-15(3,4)10-11(14)2/h11-14,16H,5-10H2,1-4H3. The fourth-order valence-corrected chi connectivity index (χ4v) is 3.57. The van der Waals surface area contributed by atoms with Crippen LogP contribution in [0.15, 0.2) is 0 Å². The SMILES string of the molecule is CCOC1CC(NC2CCC(C)(C)CC2C)C1. The monoisotopic (exact) mass is 239 g/mol. The van der Waals surface area contributed by atoms with E-state index in [1.165, 1.54) is 32.1 Å². The average Bonchev–Trinajstić information content (AvgIpc) is 2.17. The third-order valence-electron chi connectivity index (χ3n) is 4.64. The van der Waals surface area contributed by atoms with Crippen molar-refractivity contribution in [3.8, 4) is 0 Å². The first-order valence-corrected chi connectivity index (χ1v) is 7.38. The van der Waals surface area contributed by atoms with Crippen molar-refractivity contribution in [3.05, 3.63) is 0 Å². The van der Waals surface area contributed by atoms with Gasteiger partial charge in [0.1, 0.15) is 0 Å². The molecule has 0 amide bonds. The molecule has 17 heavy (non-hydrogen) atoms. The molecule has 2 rings (SSSR count). The molecule has 0 bridgehead atoms. The summed E-state index contributed by atoms with van der Waals surface area (Å²) in [5, 5.41) is 3.85. The molecule has 2 saturated carbocycles. The Morgan fingerprint density at radius 2 is 2.00 bits per heavy atom. The Morgan fingerprint density at radius 3 is 2.59 bits per heavy atom. The van der Waals surface area contributed by atoms with Gasteiger partial charge in [-0.25, -0.2) is 0 Å². The Hall–Kier alpha value is -0.0800. The van der Waals surface area contributed by atoms with E-state index in [-0.39, 0.29) is 0 Å². The lowest BCUT2D eigenvalue weighted by Crippen LogP contribution is -2.53. The number of ether oxygens (including phenoxy) is 1. The van der Waals surface area contributed by atoms with Crippen molar-refractivity contribution < 1.29 is 4.74 Å². The molecule has 0 aliphatic heterocycles. The van der Waals surface area contributed by atoms with Crippen LogP contribution in [0.1, 0.15) is 59.8 Å². The van der Waals surface area contributed by atoms with E-state index in [4.69, 9.17) is 4.74 Å². The second-order valence-electron chi connectivity index (χ2n) is 6.90. The molecule has 2 atom stereocenters. The highest BCUT2D eigenvalue weighted by Crippen LogP contribution is 2.39. The lowest BCUT2D eigenvalue weighted by atomic mass is 9.70. The molecule has 2 aliphatic carbocycles. The summed E-state index contributed by atoms with van der Waals surface area (Å²) in [6, 6.07) is 1.47. The minimum Gasteiger partial charge on any atom is -0.378 e. The van der Waals surface area contributed by atoms with Crippen molar-refractivity contribution in [1.29, 1.82) is 0 Å². The first kappa shape index (κ1) is 13.4. The van der Waals surface area contributed by atoms with E-state index in [0.717, 1.165) is 24.6 Å². The van der Waals surface area contributed by atoms with Gasteiger partial charge in [0.25, 0.3) is 0 Å². The highest BCUT2D eigenvalue weighted by molar-refractivity contribution is 4.93. The summed E-state index contributed by atoms with van der Waals surface area (Å²) in [7, 11) is 0. The van der Waals surface area contributed by atoms with Crippen molar-refractivity contribution in [2.75, 3.05) is 6.61 Å². The topological polar surface area (TPSA) is 21.3 Å². The molecular formula is C15H29NO. The van der Waals surface area contributed by atoms with Crippen LogP contribution >= 0.6 is 0 Å². The lowest BCUT2D eigenvalue weighted by molar-refractivity contribution is -0.0172. The van der Waals surface area contributed by atoms with Gasteiger partial charge in [0.2, 0.25) is 0 Å². The van der Waals surface area contributed by atoms with Gasteiger partial charge in [-0.15, -0.1) is 0 Å². The van der Waals surface area contributed by atoms with Crippen LogP contribution in [0.2, 0.25) is 0 Å². The Morgan fingerprint density at radius 1 is 1.29 bits per heavy atom. The summed E-state index contributed by atoms with van der Waals surface area (Å²) in [6.45, 7) is 10.2. The molecule has 0 saturated heterocycles. The zero-order valence-corrected chi connectivity index (χ0v) is 12.0. The fraction of sp³-hybridized carbons (Fsp3) is 1.00. The van der Waals surface area contributed by atoms with Crippen molar-refractivity contribution >= 4 is 0 Å². The second-order valence-corrected chi connectivity index (χ2v) is 6.90. The van der Waals surface area contributed by atoms with Crippen molar-refractivity contribution in [2.45, 2.75) is 78.0 Å². The predicted molar refractivity (Wildman–Crippen MR) is 72.2 cm³/mol. The van der Waals surface area contributed by atoms with Crippen LogP contribution in [0.25, 0.3) is 0 Å². The second kappa shape index (κ2) is 5.27. The van der Waals surface area contributed by atoms with E-state index in [1.54, 1.807) is 0 Å². The molecule has 0 spiro atoms. The maximum absolute atomic E-state index is 5.62. The summed E-state index contributed by atoms with van der Waals surface area (Å²) in [4.78, 5) is 0. The van der Waals surface area contributed by atoms with E-state index in [0.29, 0.717) is 11.5 Å². The molecule has 2 nitrogen and oxygen atoms in total. The molecule has 0 aromatic rings. The maximum Gasteiger partial charge on any atom is 0.0604 e. The Balaban J connectivity index is 1.71. The molecule has 0 heterocycles. The highest BCUT2D eigenvalue weighted by atomic mass is 16.5. The van der Waals surface area contributed by atoms with Crippen LogP contribution in [0.4, 0.5) is 0 Å². The van der Waals surface area contributed by atoms with Crippen molar-refractivity contribution in [3.63, 3.8) is 0 Å². The van der Waals surface area contributed by atoms with Crippen LogP contribution in [0.5, 0.6) is 0 Å². The van der Waals surface area contributed by atoms with Gasteiger partial charge in [0, 0.05) is 18.7 Å². The summed E-state index contributed by atoms with van der Waals surface area (Å²) >= 11 is 0. The smallest absolute Gasteiger partial charge is 0.0604 e. The van der Waals surface area contributed by atoms with Gasteiger partial charge in [-0.3, -0.25) is 0 Å². The van der Waals surface area contributed by atoms with E-state index in [1.807, 2.05) is 0 Å². The van der Waals surface area contributed by atoms with Gasteiger partial charge in [-0.2, -0.15) is 0 Å². The average molecular weight is 239 g/mol. The highest BCUT2D eigenvalue weighted by Gasteiger charge is 2.36. The van der Waals surface area contributed by atoms with Crippen LogP contribution in [0, 0.1) is 11.3 Å². The maximum atomic E-state index is 5.62. The van der Waals surface area contributed by atoms with Gasteiger partial charge in [0.05, 0.1) is 6.10 Å².